The van der Waals surface area contributed by atoms with Crippen LogP contribution < -0.4 is 5.32 Å². The number of unbranched alkanes of at least 4 members (excludes halogenated alkanes) is 2. The fraction of sp³-hybridized carbons (Fsp3) is 0.438. The Morgan fingerprint density at radius 2 is 1.91 bits per heavy atom. The van der Waals surface area contributed by atoms with E-state index in [1.807, 2.05) is 0 Å². The Bertz CT molecular complexity index is 601. The summed E-state index contributed by atoms with van der Waals surface area (Å²) in [6, 6.07) is 5.00. The van der Waals surface area contributed by atoms with Crippen molar-refractivity contribution in [1.29, 1.82) is 0 Å². The van der Waals surface area contributed by atoms with E-state index in [9.17, 15) is 14.4 Å². The minimum Gasteiger partial charge on any atom is -0.356 e. The molecule has 1 aliphatic rings. The van der Waals surface area contributed by atoms with E-state index in [4.69, 9.17) is 0 Å². The molecule has 1 aromatic rings. The Balaban J connectivity index is 1.88. The molecule has 1 N–H and O–H groups in total. The van der Waals surface area contributed by atoms with Gasteiger partial charge >= 0.3 is 0 Å². The largest absolute Gasteiger partial charge is 0.356 e. The first kappa shape index (κ1) is 16.7. The molecule has 22 heavy (non-hydrogen) atoms. The van der Waals surface area contributed by atoms with Crippen LogP contribution in [-0.4, -0.2) is 35.7 Å². The highest BCUT2D eigenvalue weighted by Gasteiger charge is 2.35. The Morgan fingerprint density at radius 1 is 1.18 bits per heavy atom. The van der Waals surface area contributed by atoms with Gasteiger partial charge in [0.2, 0.25) is 5.91 Å². The molecule has 0 aromatic heterocycles. The van der Waals surface area contributed by atoms with Crippen LogP contribution in [0.1, 0.15) is 53.3 Å². The van der Waals surface area contributed by atoms with Crippen LogP contribution in [0.5, 0.6) is 0 Å². The lowest BCUT2D eigenvalue weighted by atomic mass is 10.1. The van der Waals surface area contributed by atoms with Crippen LogP contribution in [0.4, 0.5) is 0 Å². The second-order valence-electron chi connectivity index (χ2n) is 5.26. The van der Waals surface area contributed by atoms with Gasteiger partial charge in [-0.2, -0.15) is 0 Å². The molecule has 0 saturated carbocycles. The van der Waals surface area contributed by atoms with Crippen LogP contribution in [0.2, 0.25) is 0 Å². The lowest BCUT2D eigenvalue weighted by Crippen LogP contribution is -2.34. The van der Waals surface area contributed by atoms with Crippen LogP contribution in [0.25, 0.3) is 0 Å². The van der Waals surface area contributed by atoms with Gasteiger partial charge in [-0.15, -0.1) is 0 Å². The van der Waals surface area contributed by atoms with Crippen molar-refractivity contribution in [2.24, 2.45) is 0 Å². The number of hydrogen-bond acceptors (Lipinski definition) is 3. The zero-order valence-electron chi connectivity index (χ0n) is 12.5. The number of amides is 3. The van der Waals surface area contributed by atoms with Crippen molar-refractivity contribution >= 4 is 33.7 Å². The smallest absolute Gasteiger partial charge is 0.261 e. The third-order valence-corrected chi connectivity index (χ3v) is 4.09. The van der Waals surface area contributed by atoms with Crippen LogP contribution in [0.3, 0.4) is 0 Å². The maximum Gasteiger partial charge on any atom is 0.261 e. The summed E-state index contributed by atoms with van der Waals surface area (Å²) in [7, 11) is 0. The highest BCUT2D eigenvalue weighted by atomic mass is 79.9. The topological polar surface area (TPSA) is 66.5 Å². The van der Waals surface area contributed by atoms with Crippen LogP contribution >= 0.6 is 15.9 Å². The highest BCUT2D eigenvalue weighted by Crippen LogP contribution is 2.25. The Kier molecular flexibility index (Phi) is 5.71. The van der Waals surface area contributed by atoms with Gasteiger partial charge < -0.3 is 5.32 Å². The lowest BCUT2D eigenvalue weighted by Gasteiger charge is -2.13. The molecule has 0 aliphatic carbocycles. The second kappa shape index (κ2) is 7.54. The molecule has 0 unspecified atom stereocenters. The summed E-state index contributed by atoms with van der Waals surface area (Å²) in [6.45, 7) is 2.85. The molecule has 0 bridgehead atoms. The summed E-state index contributed by atoms with van der Waals surface area (Å²) in [5, 5.41) is 2.81. The van der Waals surface area contributed by atoms with E-state index in [0.29, 0.717) is 17.7 Å². The normalized spacial score (nSPS) is 13.5. The molecule has 118 valence electrons. The number of nitrogens with zero attached hydrogens (tertiary/aromatic N) is 1. The maximum absolute atomic E-state index is 12.2. The molecule has 3 amide bonds. The molecule has 0 radical (unpaired) electrons. The summed E-state index contributed by atoms with van der Waals surface area (Å²) < 4.78 is 0.753. The van der Waals surface area contributed by atoms with Gasteiger partial charge in [0.25, 0.3) is 11.8 Å². The Morgan fingerprint density at radius 3 is 2.64 bits per heavy atom. The zero-order valence-corrected chi connectivity index (χ0v) is 14.1. The molecule has 5 nitrogen and oxygen atoms in total. The van der Waals surface area contributed by atoms with E-state index in [0.717, 1.165) is 28.6 Å². The van der Waals surface area contributed by atoms with Gasteiger partial charge in [0.15, 0.2) is 0 Å². The number of fused-ring (bicyclic) bond motifs is 1. The highest BCUT2D eigenvalue weighted by molar-refractivity contribution is 9.10. The molecule has 6 heteroatoms. The van der Waals surface area contributed by atoms with Crippen LogP contribution in [0.15, 0.2) is 22.7 Å². The molecule has 1 aliphatic heterocycles. The minimum atomic E-state index is -0.333. The van der Waals surface area contributed by atoms with E-state index < -0.39 is 0 Å². The van der Waals surface area contributed by atoms with E-state index in [1.165, 1.54) is 0 Å². The third kappa shape index (κ3) is 3.74. The summed E-state index contributed by atoms with van der Waals surface area (Å²) in [5.74, 6) is -0.791. The van der Waals surface area contributed by atoms with E-state index in [2.05, 4.69) is 28.2 Å². The summed E-state index contributed by atoms with van der Waals surface area (Å²) >= 11 is 3.29. The molecule has 0 saturated heterocycles. The number of halogens is 1. The number of carbonyl (C=O) groups is 3. The van der Waals surface area contributed by atoms with Crippen LogP contribution in [-0.2, 0) is 4.79 Å². The number of benzene rings is 1. The summed E-state index contributed by atoms with van der Waals surface area (Å²) in [5.41, 5.74) is 0.791. The summed E-state index contributed by atoms with van der Waals surface area (Å²) in [6.07, 6.45) is 3.26. The number of hydrogen-bond donors (Lipinski definition) is 1. The number of nitrogens with one attached hydrogen (secondary N) is 1. The van der Waals surface area contributed by atoms with Gasteiger partial charge in [-0.1, -0.05) is 35.7 Å². The van der Waals surface area contributed by atoms with Gasteiger partial charge in [-0.05, 0) is 24.6 Å². The predicted molar refractivity (Wildman–Crippen MR) is 86.7 cm³/mol. The standard InChI is InChI=1S/C16H19BrN2O3/c1-2-3-4-8-18-14(20)7-9-19-15(21)12-6-5-11(17)10-13(12)16(19)22/h5-6,10H,2-4,7-9H2,1H3,(H,18,20). The fourth-order valence-electron chi connectivity index (χ4n) is 2.37. The minimum absolute atomic E-state index is 0.115. The van der Waals surface area contributed by atoms with Crippen molar-refractivity contribution in [2.75, 3.05) is 13.1 Å². The maximum atomic E-state index is 12.2. The van der Waals surface area contributed by atoms with E-state index in [-0.39, 0.29) is 30.7 Å². The number of imide groups is 1. The molecule has 1 heterocycles. The zero-order chi connectivity index (χ0) is 16.1. The lowest BCUT2D eigenvalue weighted by molar-refractivity contribution is -0.121. The van der Waals surface area contributed by atoms with Gasteiger partial charge in [0.05, 0.1) is 11.1 Å². The summed E-state index contributed by atoms with van der Waals surface area (Å²) in [4.78, 5) is 37.3. The number of carbonyl (C=O) groups excluding carboxylic acids is 3. The Labute approximate surface area is 138 Å². The monoisotopic (exact) mass is 366 g/mol. The van der Waals surface area contributed by atoms with Crippen molar-refractivity contribution in [1.82, 2.24) is 10.2 Å². The third-order valence-electron chi connectivity index (χ3n) is 3.60. The van der Waals surface area contributed by atoms with Gasteiger partial charge in [-0.25, -0.2) is 0 Å². The average Bonchev–Trinajstić information content (AvgIpc) is 2.73. The molecular weight excluding hydrogens is 348 g/mol. The molecule has 2 rings (SSSR count). The van der Waals surface area contributed by atoms with Gasteiger partial charge in [0, 0.05) is 24.0 Å². The van der Waals surface area contributed by atoms with Crippen molar-refractivity contribution in [3.8, 4) is 0 Å². The van der Waals surface area contributed by atoms with Crippen molar-refractivity contribution < 1.29 is 14.4 Å². The van der Waals surface area contributed by atoms with E-state index in [1.54, 1.807) is 18.2 Å². The number of rotatable bonds is 7. The second-order valence-corrected chi connectivity index (χ2v) is 6.17. The van der Waals surface area contributed by atoms with Crippen LogP contribution in [0, 0.1) is 0 Å². The fourth-order valence-corrected chi connectivity index (χ4v) is 2.73. The van der Waals surface area contributed by atoms with Gasteiger partial charge in [-0.3, -0.25) is 19.3 Å². The van der Waals surface area contributed by atoms with Crippen molar-refractivity contribution in [3.63, 3.8) is 0 Å². The van der Waals surface area contributed by atoms with Crippen molar-refractivity contribution in [2.45, 2.75) is 32.6 Å². The molecule has 0 fully saturated rings. The van der Waals surface area contributed by atoms with Gasteiger partial charge in [0.1, 0.15) is 0 Å². The molecule has 0 atom stereocenters. The molecule has 1 aromatic carbocycles. The predicted octanol–water partition coefficient (Wildman–Crippen LogP) is 2.74. The SMILES string of the molecule is CCCCCNC(=O)CCN1C(=O)c2ccc(Br)cc2C1=O. The van der Waals surface area contributed by atoms with E-state index >= 15 is 0 Å². The molecular formula is C16H19BrN2O3. The molecule has 0 spiro atoms. The first-order chi connectivity index (χ1) is 10.5. The Hall–Kier alpha value is -1.69. The first-order valence-electron chi connectivity index (χ1n) is 7.47. The average molecular weight is 367 g/mol. The quantitative estimate of drug-likeness (QED) is 0.595. The van der Waals surface area contributed by atoms with Crippen molar-refractivity contribution in [3.05, 3.63) is 33.8 Å². The first-order valence-corrected chi connectivity index (χ1v) is 8.26.